The van der Waals surface area contributed by atoms with Crippen LogP contribution in [0.1, 0.15) is 19.4 Å². The second-order valence-corrected chi connectivity index (χ2v) is 6.16. The van der Waals surface area contributed by atoms with E-state index in [4.69, 9.17) is 4.74 Å². The Morgan fingerprint density at radius 3 is 2.65 bits per heavy atom. The van der Waals surface area contributed by atoms with Crippen molar-refractivity contribution in [2.45, 2.75) is 32.5 Å². The maximum Gasteiger partial charge on any atom is 0.0947 e. The molecule has 1 rings (SSSR count). The van der Waals surface area contributed by atoms with E-state index in [0.29, 0.717) is 19.2 Å². The van der Waals surface area contributed by atoms with Gasteiger partial charge in [-0.05, 0) is 17.7 Å². The molecule has 0 aliphatic carbocycles. The smallest absolute Gasteiger partial charge is 0.0947 e. The van der Waals surface area contributed by atoms with Crippen LogP contribution >= 0.6 is 15.9 Å². The molecule has 0 aromatic heterocycles. The number of hydrogen-bond acceptors (Lipinski definition) is 4. The number of nitrogens with zero attached hydrogens (tertiary/aromatic N) is 1. The molecule has 0 aliphatic rings. The van der Waals surface area contributed by atoms with E-state index in [2.05, 4.69) is 53.3 Å². The van der Waals surface area contributed by atoms with Crippen molar-refractivity contribution in [3.63, 3.8) is 0 Å². The lowest BCUT2D eigenvalue weighted by Crippen LogP contribution is -2.31. The van der Waals surface area contributed by atoms with Crippen molar-refractivity contribution in [3.05, 3.63) is 28.2 Å². The first-order valence-corrected chi connectivity index (χ1v) is 7.63. The quantitative estimate of drug-likeness (QED) is 0.759. The van der Waals surface area contributed by atoms with E-state index in [1.807, 2.05) is 11.9 Å². The molecule has 0 saturated carbocycles. The molecule has 0 radical (unpaired) electrons. The van der Waals surface area contributed by atoms with Gasteiger partial charge in [-0.15, -0.1) is 0 Å². The summed E-state index contributed by atoms with van der Waals surface area (Å²) in [5.74, 6) is 0. The average Bonchev–Trinajstić information content (AvgIpc) is 2.37. The van der Waals surface area contributed by atoms with Crippen LogP contribution in [0.5, 0.6) is 0 Å². The molecular weight excluding hydrogens is 320 g/mol. The van der Waals surface area contributed by atoms with Crippen molar-refractivity contribution in [1.82, 2.24) is 5.32 Å². The first kappa shape index (κ1) is 17.4. The summed E-state index contributed by atoms with van der Waals surface area (Å²) < 4.78 is 6.02. The number of nitrogens with one attached hydrogen (secondary N) is 1. The highest BCUT2D eigenvalue weighted by atomic mass is 79.9. The van der Waals surface area contributed by atoms with E-state index in [1.165, 1.54) is 5.56 Å². The van der Waals surface area contributed by atoms with Gasteiger partial charge in [0.25, 0.3) is 0 Å². The molecule has 0 fully saturated rings. The highest BCUT2D eigenvalue weighted by Crippen LogP contribution is 2.24. The first-order chi connectivity index (χ1) is 9.43. The van der Waals surface area contributed by atoms with Gasteiger partial charge in [0, 0.05) is 43.4 Å². The highest BCUT2D eigenvalue weighted by Gasteiger charge is 2.10. The van der Waals surface area contributed by atoms with Crippen molar-refractivity contribution in [2.75, 3.05) is 32.2 Å². The van der Waals surface area contributed by atoms with E-state index < -0.39 is 6.10 Å². The molecule has 0 amide bonds. The molecule has 0 bridgehead atoms. The number of likely N-dealkylation sites (N-methyl/N-ethyl adjacent to an activating group) is 1. The zero-order chi connectivity index (χ0) is 15.1. The van der Waals surface area contributed by atoms with E-state index in [-0.39, 0.29) is 0 Å². The predicted molar refractivity (Wildman–Crippen MR) is 87.3 cm³/mol. The Kier molecular flexibility index (Phi) is 7.51. The maximum absolute atomic E-state index is 9.76. The van der Waals surface area contributed by atoms with Gasteiger partial charge < -0.3 is 20.1 Å². The van der Waals surface area contributed by atoms with Crippen LogP contribution in [0.2, 0.25) is 0 Å². The Labute approximate surface area is 130 Å². The van der Waals surface area contributed by atoms with Gasteiger partial charge in [0.1, 0.15) is 0 Å². The zero-order valence-corrected chi connectivity index (χ0v) is 14.3. The van der Waals surface area contributed by atoms with Gasteiger partial charge in [0.15, 0.2) is 0 Å². The summed E-state index contributed by atoms with van der Waals surface area (Å²) in [7, 11) is 3.56. The Hall–Kier alpha value is -0.620. The summed E-state index contributed by atoms with van der Waals surface area (Å²) in [6.45, 7) is 6.00. The van der Waals surface area contributed by atoms with E-state index in [1.54, 1.807) is 7.11 Å². The molecule has 1 atom stereocenters. The van der Waals surface area contributed by atoms with Crippen LogP contribution in [-0.4, -0.2) is 44.6 Å². The minimum atomic E-state index is -0.481. The Bertz CT molecular complexity index is 413. The largest absolute Gasteiger partial charge is 0.389 e. The predicted octanol–water partition coefficient (Wildman–Crippen LogP) is 2.39. The summed E-state index contributed by atoms with van der Waals surface area (Å²) in [6.07, 6.45) is -0.481. The lowest BCUT2D eigenvalue weighted by atomic mass is 10.2. The number of aliphatic hydroxyl groups excluding tert-OH is 1. The molecule has 0 spiro atoms. The van der Waals surface area contributed by atoms with Crippen molar-refractivity contribution >= 4 is 21.6 Å². The standard InChI is InChI=1S/C15H25BrN2O2/c1-11(2)17-8-12-5-6-13(7-15(12)16)18(3)9-14(19)10-20-4/h5-7,11,14,17,19H,8-10H2,1-4H3. The van der Waals surface area contributed by atoms with E-state index in [9.17, 15) is 5.11 Å². The van der Waals surface area contributed by atoms with E-state index >= 15 is 0 Å². The number of rotatable bonds is 8. The van der Waals surface area contributed by atoms with Gasteiger partial charge in [-0.1, -0.05) is 35.8 Å². The zero-order valence-electron chi connectivity index (χ0n) is 12.7. The molecule has 0 heterocycles. The summed E-state index contributed by atoms with van der Waals surface area (Å²) in [5.41, 5.74) is 2.30. The molecule has 4 nitrogen and oxygen atoms in total. The highest BCUT2D eigenvalue weighted by molar-refractivity contribution is 9.10. The fourth-order valence-corrected chi connectivity index (χ4v) is 2.40. The van der Waals surface area contributed by atoms with Gasteiger partial charge in [0.2, 0.25) is 0 Å². The summed E-state index contributed by atoms with van der Waals surface area (Å²) in [6, 6.07) is 6.72. The molecule has 5 heteroatoms. The van der Waals surface area contributed by atoms with Gasteiger partial charge in [-0.2, -0.15) is 0 Å². The number of benzene rings is 1. The lowest BCUT2D eigenvalue weighted by molar-refractivity contribution is 0.0695. The summed E-state index contributed by atoms with van der Waals surface area (Å²) in [4.78, 5) is 2.02. The minimum absolute atomic E-state index is 0.349. The van der Waals surface area contributed by atoms with Gasteiger partial charge >= 0.3 is 0 Å². The fraction of sp³-hybridized carbons (Fsp3) is 0.600. The molecule has 0 aliphatic heterocycles. The van der Waals surface area contributed by atoms with Crippen molar-refractivity contribution in [3.8, 4) is 0 Å². The molecule has 1 aromatic carbocycles. The van der Waals surface area contributed by atoms with Gasteiger partial charge in [0.05, 0.1) is 12.7 Å². The molecular formula is C15H25BrN2O2. The summed E-state index contributed by atoms with van der Waals surface area (Å²) >= 11 is 3.61. The number of halogens is 1. The van der Waals surface area contributed by atoms with Crippen LogP contribution < -0.4 is 10.2 Å². The second-order valence-electron chi connectivity index (χ2n) is 5.30. The minimum Gasteiger partial charge on any atom is -0.389 e. The van der Waals surface area contributed by atoms with Crippen LogP contribution in [0.15, 0.2) is 22.7 Å². The van der Waals surface area contributed by atoms with Crippen molar-refractivity contribution in [2.24, 2.45) is 0 Å². The van der Waals surface area contributed by atoms with Gasteiger partial charge in [-0.3, -0.25) is 0 Å². The first-order valence-electron chi connectivity index (χ1n) is 6.84. The lowest BCUT2D eigenvalue weighted by Gasteiger charge is -2.23. The molecule has 2 N–H and O–H groups in total. The SMILES string of the molecule is COCC(O)CN(C)c1ccc(CNC(C)C)c(Br)c1. The van der Waals surface area contributed by atoms with E-state index in [0.717, 1.165) is 16.7 Å². The average molecular weight is 345 g/mol. The molecule has 20 heavy (non-hydrogen) atoms. The Morgan fingerprint density at radius 2 is 2.10 bits per heavy atom. The second kappa shape index (κ2) is 8.62. The summed E-state index contributed by atoms with van der Waals surface area (Å²) in [5, 5.41) is 13.2. The number of anilines is 1. The molecule has 1 aromatic rings. The van der Waals surface area contributed by atoms with Crippen LogP contribution in [0, 0.1) is 0 Å². The number of aliphatic hydroxyl groups is 1. The molecule has 1 unspecified atom stereocenters. The van der Waals surface area contributed by atoms with Crippen LogP contribution in [0.25, 0.3) is 0 Å². The normalized spacial score (nSPS) is 12.8. The third-order valence-corrected chi connectivity index (χ3v) is 3.76. The third-order valence-electron chi connectivity index (χ3n) is 3.02. The van der Waals surface area contributed by atoms with Crippen LogP contribution in [0.4, 0.5) is 5.69 Å². The molecule has 114 valence electrons. The van der Waals surface area contributed by atoms with Gasteiger partial charge in [-0.25, -0.2) is 0 Å². The third kappa shape index (κ3) is 5.79. The Balaban J connectivity index is 2.66. The number of methoxy groups -OCH3 is 1. The van der Waals surface area contributed by atoms with Crippen molar-refractivity contribution < 1.29 is 9.84 Å². The van der Waals surface area contributed by atoms with Crippen LogP contribution in [-0.2, 0) is 11.3 Å². The maximum atomic E-state index is 9.76. The topological polar surface area (TPSA) is 44.7 Å². The van der Waals surface area contributed by atoms with Crippen LogP contribution in [0.3, 0.4) is 0 Å². The molecule has 0 saturated heterocycles. The number of hydrogen-bond donors (Lipinski definition) is 2. The monoisotopic (exact) mass is 344 g/mol. The van der Waals surface area contributed by atoms with Crippen molar-refractivity contribution in [1.29, 1.82) is 0 Å². The number of ether oxygens (including phenoxy) is 1. The fourth-order valence-electron chi connectivity index (χ4n) is 1.90. The Morgan fingerprint density at radius 1 is 1.40 bits per heavy atom.